The number of nitrogens with zero attached hydrogens (tertiary/aromatic N) is 5. The minimum Gasteiger partial charge on any atom is -0.444 e. The van der Waals surface area contributed by atoms with Gasteiger partial charge in [-0.15, -0.1) is 10.2 Å². The average Bonchev–Trinajstić information content (AvgIpc) is 3.16. The van der Waals surface area contributed by atoms with Crippen molar-refractivity contribution in [3.63, 3.8) is 0 Å². The van der Waals surface area contributed by atoms with E-state index in [1.165, 1.54) is 0 Å². The standard InChI is InChI=1S/C25H37N7O3/c1-16-14-31(15-17(2)34-16)19-9-10-21-20(13-19)28-22(23-30-29-18(3)32(21)23)26-11-7-8-12-27-24(33)35-25(4,5)6/h9-10,13,16-17H,7-8,11-12,14-15H2,1-6H3,(H,26,28)(H,27,33)/t16-,17+. The molecule has 190 valence electrons. The second-order valence-corrected chi connectivity index (χ2v) is 10.3. The molecule has 1 saturated heterocycles. The summed E-state index contributed by atoms with van der Waals surface area (Å²) in [6.07, 6.45) is 1.67. The summed E-state index contributed by atoms with van der Waals surface area (Å²) in [6, 6.07) is 6.37. The van der Waals surface area contributed by atoms with Gasteiger partial charge < -0.3 is 25.0 Å². The molecule has 1 aliphatic rings. The molecule has 3 aromatic rings. The molecule has 1 fully saturated rings. The van der Waals surface area contributed by atoms with Crippen molar-refractivity contribution in [2.45, 2.75) is 72.2 Å². The van der Waals surface area contributed by atoms with Gasteiger partial charge in [0.2, 0.25) is 5.65 Å². The third-order valence-corrected chi connectivity index (χ3v) is 5.82. The van der Waals surface area contributed by atoms with Crippen molar-refractivity contribution in [1.29, 1.82) is 0 Å². The summed E-state index contributed by atoms with van der Waals surface area (Å²) in [4.78, 5) is 19.0. The third-order valence-electron chi connectivity index (χ3n) is 5.82. The van der Waals surface area contributed by atoms with Crippen molar-refractivity contribution in [3.8, 4) is 0 Å². The number of nitrogens with one attached hydrogen (secondary N) is 2. The van der Waals surface area contributed by atoms with E-state index in [4.69, 9.17) is 14.5 Å². The van der Waals surface area contributed by atoms with Crippen LogP contribution in [0.25, 0.3) is 16.7 Å². The molecule has 0 unspecified atom stereocenters. The Hall–Kier alpha value is -3.14. The largest absolute Gasteiger partial charge is 0.444 e. The number of rotatable bonds is 7. The van der Waals surface area contributed by atoms with E-state index in [0.29, 0.717) is 24.6 Å². The molecular weight excluding hydrogens is 446 g/mol. The Bertz CT molecular complexity index is 1180. The van der Waals surface area contributed by atoms with Gasteiger partial charge in [-0.05, 0) is 72.6 Å². The predicted octanol–water partition coefficient (Wildman–Crippen LogP) is 3.92. The quantitative estimate of drug-likeness (QED) is 0.487. The second-order valence-electron chi connectivity index (χ2n) is 10.3. The number of carbonyl (C=O) groups excluding carboxylic acids is 1. The summed E-state index contributed by atoms with van der Waals surface area (Å²) in [7, 11) is 0. The number of alkyl carbamates (subject to hydrolysis) is 1. The van der Waals surface area contributed by atoms with Crippen LogP contribution in [0.5, 0.6) is 0 Å². The van der Waals surface area contributed by atoms with Crippen LogP contribution in [0.4, 0.5) is 16.3 Å². The number of benzene rings is 1. The molecular formula is C25H37N7O3. The first kappa shape index (κ1) is 25.0. The lowest BCUT2D eigenvalue weighted by Crippen LogP contribution is -2.45. The first-order valence-electron chi connectivity index (χ1n) is 12.4. The van der Waals surface area contributed by atoms with E-state index in [2.05, 4.69) is 57.8 Å². The monoisotopic (exact) mass is 483 g/mol. The van der Waals surface area contributed by atoms with Crippen LogP contribution in [0.3, 0.4) is 0 Å². The molecule has 1 aliphatic heterocycles. The zero-order valence-corrected chi connectivity index (χ0v) is 21.6. The van der Waals surface area contributed by atoms with Crippen LogP contribution in [-0.4, -0.2) is 69.7 Å². The van der Waals surface area contributed by atoms with E-state index >= 15 is 0 Å². The van der Waals surface area contributed by atoms with Gasteiger partial charge in [0.25, 0.3) is 0 Å². The van der Waals surface area contributed by atoms with Crippen LogP contribution in [0.1, 0.15) is 53.3 Å². The molecule has 10 heteroatoms. The first-order valence-corrected chi connectivity index (χ1v) is 12.4. The molecule has 0 radical (unpaired) electrons. The summed E-state index contributed by atoms with van der Waals surface area (Å²) in [5.74, 6) is 1.53. The zero-order chi connectivity index (χ0) is 25.2. The minimum atomic E-state index is -0.493. The molecule has 2 aromatic heterocycles. The minimum absolute atomic E-state index is 0.187. The fourth-order valence-corrected chi connectivity index (χ4v) is 4.43. The molecule has 1 amide bonds. The highest BCUT2D eigenvalue weighted by Gasteiger charge is 2.23. The topological polar surface area (TPSA) is 106 Å². The van der Waals surface area contributed by atoms with E-state index < -0.39 is 5.60 Å². The summed E-state index contributed by atoms with van der Waals surface area (Å²) in [5.41, 5.74) is 3.22. The number of fused-ring (bicyclic) bond motifs is 3. The second kappa shape index (κ2) is 10.2. The molecule has 2 atom stereocenters. The summed E-state index contributed by atoms with van der Waals surface area (Å²) < 4.78 is 13.2. The van der Waals surface area contributed by atoms with Crippen molar-refractivity contribution in [3.05, 3.63) is 24.0 Å². The number of morpholine rings is 1. The lowest BCUT2D eigenvalue weighted by molar-refractivity contribution is -0.00521. The lowest BCUT2D eigenvalue weighted by Gasteiger charge is -2.36. The maximum Gasteiger partial charge on any atom is 0.407 e. The van der Waals surface area contributed by atoms with Gasteiger partial charge in [-0.25, -0.2) is 9.78 Å². The number of anilines is 2. The smallest absolute Gasteiger partial charge is 0.407 e. The van der Waals surface area contributed by atoms with Crippen molar-refractivity contribution >= 4 is 34.3 Å². The molecule has 0 saturated carbocycles. The van der Waals surface area contributed by atoms with Gasteiger partial charge in [-0.3, -0.25) is 4.40 Å². The molecule has 3 heterocycles. The highest BCUT2D eigenvalue weighted by molar-refractivity contribution is 5.85. The Morgan fingerprint density at radius 1 is 1.14 bits per heavy atom. The number of aryl methyl sites for hydroxylation is 1. The zero-order valence-electron chi connectivity index (χ0n) is 21.6. The van der Waals surface area contributed by atoms with Gasteiger partial charge in [-0.2, -0.15) is 0 Å². The molecule has 4 rings (SSSR count). The molecule has 1 aromatic carbocycles. The van der Waals surface area contributed by atoms with Crippen LogP contribution < -0.4 is 15.5 Å². The van der Waals surface area contributed by atoms with Crippen LogP contribution in [0.15, 0.2) is 18.2 Å². The number of ether oxygens (including phenoxy) is 2. The van der Waals surface area contributed by atoms with Crippen molar-refractivity contribution < 1.29 is 14.3 Å². The van der Waals surface area contributed by atoms with E-state index in [1.807, 2.05) is 32.1 Å². The summed E-state index contributed by atoms with van der Waals surface area (Å²) >= 11 is 0. The maximum atomic E-state index is 11.8. The van der Waals surface area contributed by atoms with Crippen LogP contribution in [-0.2, 0) is 9.47 Å². The molecule has 2 N–H and O–H groups in total. The number of unbranched alkanes of at least 4 members (excludes halogenated alkanes) is 1. The van der Waals surface area contributed by atoms with E-state index in [0.717, 1.165) is 48.5 Å². The van der Waals surface area contributed by atoms with Crippen LogP contribution in [0.2, 0.25) is 0 Å². The van der Waals surface area contributed by atoms with Crippen molar-refractivity contribution in [2.75, 3.05) is 36.4 Å². The molecule has 0 aliphatic carbocycles. The third kappa shape index (κ3) is 6.11. The lowest BCUT2D eigenvalue weighted by atomic mass is 10.2. The van der Waals surface area contributed by atoms with E-state index in [-0.39, 0.29) is 18.3 Å². The number of hydrogen-bond acceptors (Lipinski definition) is 8. The molecule has 0 spiro atoms. The van der Waals surface area contributed by atoms with Gasteiger partial charge in [0.05, 0.1) is 23.2 Å². The van der Waals surface area contributed by atoms with Crippen LogP contribution >= 0.6 is 0 Å². The van der Waals surface area contributed by atoms with E-state index in [1.54, 1.807) is 0 Å². The SMILES string of the molecule is Cc1nnc2c(NCCCCNC(=O)OC(C)(C)C)nc3cc(N4C[C@@H](C)O[C@@H](C)C4)ccc3n12. The normalized spacial score (nSPS) is 18.7. The van der Waals surface area contributed by atoms with Gasteiger partial charge >= 0.3 is 6.09 Å². The fraction of sp³-hybridized carbons (Fsp3) is 0.600. The Morgan fingerprint density at radius 3 is 2.57 bits per heavy atom. The first-order chi connectivity index (χ1) is 16.6. The van der Waals surface area contributed by atoms with Crippen molar-refractivity contribution in [2.24, 2.45) is 0 Å². The highest BCUT2D eigenvalue weighted by Crippen LogP contribution is 2.27. The highest BCUT2D eigenvalue weighted by atomic mass is 16.6. The maximum absolute atomic E-state index is 11.8. The number of hydrogen-bond donors (Lipinski definition) is 2. The van der Waals surface area contributed by atoms with Gasteiger partial charge in [0.1, 0.15) is 11.4 Å². The molecule has 35 heavy (non-hydrogen) atoms. The van der Waals surface area contributed by atoms with Gasteiger partial charge in [0, 0.05) is 31.9 Å². The summed E-state index contributed by atoms with van der Waals surface area (Å²) in [5, 5.41) is 14.9. The molecule has 10 nitrogen and oxygen atoms in total. The fourth-order valence-electron chi connectivity index (χ4n) is 4.43. The Morgan fingerprint density at radius 2 is 1.86 bits per heavy atom. The van der Waals surface area contributed by atoms with Gasteiger partial charge in [0.15, 0.2) is 5.82 Å². The number of amides is 1. The van der Waals surface area contributed by atoms with Crippen LogP contribution in [0, 0.1) is 6.92 Å². The summed E-state index contributed by atoms with van der Waals surface area (Å²) in [6.45, 7) is 14.7. The predicted molar refractivity (Wildman–Crippen MR) is 137 cm³/mol. The number of aromatic nitrogens is 4. The van der Waals surface area contributed by atoms with E-state index in [9.17, 15) is 4.79 Å². The molecule has 0 bridgehead atoms. The Balaban J connectivity index is 1.45. The van der Waals surface area contributed by atoms with Gasteiger partial charge in [-0.1, -0.05) is 0 Å². The van der Waals surface area contributed by atoms with Crippen molar-refractivity contribution in [1.82, 2.24) is 24.9 Å². The Labute approximate surface area is 206 Å². The number of carbonyl (C=O) groups is 1. The Kier molecular flexibility index (Phi) is 7.30. The average molecular weight is 484 g/mol.